The molecule has 1 aromatic carbocycles. The number of thioether (sulfide) groups is 2. The molecule has 1 aliphatic heterocycles. The van der Waals surface area contributed by atoms with Gasteiger partial charge in [-0.3, -0.25) is 4.79 Å². The Balaban J connectivity index is 1.90. The number of hydrogen-bond acceptors (Lipinski definition) is 6. The lowest BCUT2D eigenvalue weighted by atomic mass is 9.97. The normalized spacial score (nSPS) is 17.5. The highest BCUT2D eigenvalue weighted by atomic mass is 32.2. The predicted molar refractivity (Wildman–Crippen MR) is 114 cm³/mol. The molecule has 1 N–H and O–H groups in total. The third kappa shape index (κ3) is 7.96. The molecule has 2 rings (SSSR count). The van der Waals surface area contributed by atoms with Crippen molar-refractivity contribution in [3.8, 4) is 5.75 Å². The van der Waals surface area contributed by atoms with Crippen LogP contribution in [0.4, 0.5) is 0 Å². The highest BCUT2D eigenvalue weighted by molar-refractivity contribution is 8.17. The summed E-state index contributed by atoms with van der Waals surface area (Å²) >= 11 is 4.01. The summed E-state index contributed by atoms with van der Waals surface area (Å²) in [6.07, 6.45) is 3.08. The molecule has 0 amide bonds. The lowest BCUT2D eigenvalue weighted by Crippen LogP contribution is -2.22. The first kappa shape index (κ1) is 22.4. The molecule has 1 heterocycles. The van der Waals surface area contributed by atoms with Gasteiger partial charge in [0.1, 0.15) is 11.9 Å². The van der Waals surface area contributed by atoms with Crippen molar-refractivity contribution < 1.29 is 19.4 Å². The monoisotopic (exact) mass is 412 g/mol. The number of rotatable bonds is 10. The lowest BCUT2D eigenvalue weighted by molar-refractivity contribution is -0.151. The number of esters is 1. The van der Waals surface area contributed by atoms with Crippen molar-refractivity contribution in [3.05, 3.63) is 29.8 Å². The molecule has 27 heavy (non-hydrogen) atoms. The molecule has 0 aromatic heterocycles. The maximum atomic E-state index is 12.4. The van der Waals surface area contributed by atoms with Crippen LogP contribution in [0.25, 0.3) is 0 Å². The fraction of sp³-hybridized carbons (Fsp3) is 0.667. The standard InChI is InChI=1S/C21H32O4S2/c1-15(2)18(22)14-19(16-8-10-17(24-3)11-9-16)25-20(23)6-4-7-21-26-12-5-13-27-21/h8-11,15,18-19,21-22H,4-7,12-14H2,1-3H3/t18-,19-/m0/s1. The van der Waals surface area contributed by atoms with Gasteiger partial charge in [0.25, 0.3) is 0 Å². The molecule has 0 aliphatic carbocycles. The quantitative estimate of drug-likeness (QED) is 0.543. The van der Waals surface area contributed by atoms with Gasteiger partial charge in [0.05, 0.1) is 17.8 Å². The molecule has 0 unspecified atom stereocenters. The molecule has 0 radical (unpaired) electrons. The van der Waals surface area contributed by atoms with Crippen LogP contribution in [-0.2, 0) is 9.53 Å². The van der Waals surface area contributed by atoms with Gasteiger partial charge in [-0.15, -0.1) is 23.5 Å². The number of benzene rings is 1. The average molecular weight is 413 g/mol. The summed E-state index contributed by atoms with van der Waals surface area (Å²) in [5.41, 5.74) is 0.891. The van der Waals surface area contributed by atoms with Crippen LogP contribution in [0.2, 0.25) is 0 Å². The van der Waals surface area contributed by atoms with Crippen LogP contribution in [-0.4, -0.2) is 40.4 Å². The van der Waals surface area contributed by atoms with Crippen molar-refractivity contribution in [1.82, 2.24) is 0 Å². The first-order valence-corrected chi connectivity index (χ1v) is 11.8. The minimum absolute atomic E-state index is 0.116. The van der Waals surface area contributed by atoms with E-state index in [-0.39, 0.29) is 11.9 Å². The number of aliphatic hydroxyl groups is 1. The molecule has 1 fully saturated rings. The number of aliphatic hydroxyl groups excluding tert-OH is 1. The predicted octanol–water partition coefficient (Wildman–Crippen LogP) is 5.05. The zero-order chi connectivity index (χ0) is 19.6. The third-order valence-electron chi connectivity index (χ3n) is 4.70. The minimum atomic E-state index is -0.514. The molecule has 0 bridgehead atoms. The largest absolute Gasteiger partial charge is 0.497 e. The Kier molecular flexibility index (Phi) is 9.87. The van der Waals surface area contributed by atoms with Crippen molar-refractivity contribution in [2.45, 2.75) is 62.7 Å². The van der Waals surface area contributed by atoms with Gasteiger partial charge in [-0.2, -0.15) is 0 Å². The van der Waals surface area contributed by atoms with Crippen LogP contribution < -0.4 is 4.74 Å². The maximum absolute atomic E-state index is 12.4. The van der Waals surface area contributed by atoms with Crippen LogP contribution in [0.15, 0.2) is 24.3 Å². The van der Waals surface area contributed by atoms with E-state index in [9.17, 15) is 9.90 Å². The number of hydrogen-bond donors (Lipinski definition) is 1. The van der Waals surface area contributed by atoms with E-state index >= 15 is 0 Å². The van der Waals surface area contributed by atoms with Gasteiger partial charge in [0.2, 0.25) is 0 Å². The Morgan fingerprint density at radius 3 is 2.48 bits per heavy atom. The van der Waals surface area contributed by atoms with Gasteiger partial charge < -0.3 is 14.6 Å². The van der Waals surface area contributed by atoms with Gasteiger partial charge in [-0.25, -0.2) is 0 Å². The second-order valence-electron chi connectivity index (χ2n) is 7.22. The zero-order valence-electron chi connectivity index (χ0n) is 16.6. The zero-order valence-corrected chi connectivity index (χ0v) is 18.2. The Morgan fingerprint density at radius 2 is 1.89 bits per heavy atom. The minimum Gasteiger partial charge on any atom is -0.497 e. The summed E-state index contributed by atoms with van der Waals surface area (Å²) < 4.78 is 11.6. The Hall–Kier alpha value is -0.850. The summed E-state index contributed by atoms with van der Waals surface area (Å²) in [5.74, 6) is 3.15. The molecule has 0 spiro atoms. The maximum Gasteiger partial charge on any atom is 0.306 e. The molecular formula is C21H32O4S2. The summed E-state index contributed by atoms with van der Waals surface area (Å²) in [6.45, 7) is 3.94. The highest BCUT2D eigenvalue weighted by Gasteiger charge is 2.23. The SMILES string of the molecule is COc1ccc([C@H](C[C@H](O)C(C)C)OC(=O)CCCC2SCCCS2)cc1. The van der Waals surface area contributed by atoms with Crippen molar-refractivity contribution in [2.24, 2.45) is 5.92 Å². The third-order valence-corrected chi connectivity index (χ3v) is 7.78. The van der Waals surface area contributed by atoms with E-state index in [1.165, 1.54) is 17.9 Å². The second kappa shape index (κ2) is 11.9. The summed E-state index contributed by atoms with van der Waals surface area (Å²) in [5, 5.41) is 10.3. The van der Waals surface area contributed by atoms with E-state index in [0.29, 0.717) is 17.4 Å². The van der Waals surface area contributed by atoms with E-state index in [1.807, 2.05) is 61.6 Å². The van der Waals surface area contributed by atoms with Crippen molar-refractivity contribution in [3.63, 3.8) is 0 Å². The average Bonchev–Trinajstić information content (AvgIpc) is 2.68. The van der Waals surface area contributed by atoms with Gasteiger partial charge in [-0.1, -0.05) is 26.0 Å². The Morgan fingerprint density at radius 1 is 1.22 bits per heavy atom. The van der Waals surface area contributed by atoms with E-state index < -0.39 is 12.2 Å². The number of methoxy groups -OCH3 is 1. The molecule has 1 aromatic rings. The summed E-state index contributed by atoms with van der Waals surface area (Å²) in [7, 11) is 1.62. The van der Waals surface area contributed by atoms with E-state index in [2.05, 4.69) is 0 Å². The van der Waals surface area contributed by atoms with Crippen LogP contribution >= 0.6 is 23.5 Å². The number of ether oxygens (including phenoxy) is 2. The summed E-state index contributed by atoms with van der Waals surface area (Å²) in [4.78, 5) is 12.4. The number of carbonyl (C=O) groups excluding carboxylic acids is 1. The second-order valence-corrected chi connectivity index (χ2v) is 10.1. The van der Waals surface area contributed by atoms with Crippen molar-refractivity contribution in [1.29, 1.82) is 0 Å². The van der Waals surface area contributed by atoms with Gasteiger partial charge in [0.15, 0.2) is 0 Å². The molecule has 2 atom stereocenters. The van der Waals surface area contributed by atoms with E-state index in [4.69, 9.17) is 9.47 Å². The van der Waals surface area contributed by atoms with Gasteiger partial charge >= 0.3 is 5.97 Å². The smallest absolute Gasteiger partial charge is 0.306 e. The first-order valence-electron chi connectivity index (χ1n) is 9.74. The lowest BCUT2D eigenvalue weighted by Gasteiger charge is -2.24. The van der Waals surface area contributed by atoms with Gasteiger partial charge in [-0.05, 0) is 54.4 Å². The molecule has 1 saturated heterocycles. The van der Waals surface area contributed by atoms with Crippen LogP contribution in [0.3, 0.4) is 0 Å². The first-order chi connectivity index (χ1) is 13.0. The molecule has 152 valence electrons. The molecule has 1 aliphatic rings. The van der Waals surface area contributed by atoms with Gasteiger partial charge in [0, 0.05) is 12.8 Å². The fourth-order valence-electron chi connectivity index (χ4n) is 2.90. The van der Waals surface area contributed by atoms with Crippen molar-refractivity contribution >= 4 is 29.5 Å². The van der Waals surface area contributed by atoms with E-state index in [1.54, 1.807) is 7.11 Å². The summed E-state index contributed by atoms with van der Waals surface area (Å²) in [6, 6.07) is 7.52. The van der Waals surface area contributed by atoms with Crippen LogP contribution in [0, 0.1) is 5.92 Å². The topological polar surface area (TPSA) is 55.8 Å². The molecule has 4 nitrogen and oxygen atoms in total. The van der Waals surface area contributed by atoms with Crippen molar-refractivity contribution in [2.75, 3.05) is 18.6 Å². The molecule has 6 heteroatoms. The Labute approximate surface area is 171 Å². The fourth-order valence-corrected chi connectivity index (χ4v) is 5.86. The Bertz CT molecular complexity index is 556. The van der Waals surface area contributed by atoms with E-state index in [0.717, 1.165) is 24.2 Å². The molecular weight excluding hydrogens is 380 g/mol. The van der Waals surface area contributed by atoms with Crippen LogP contribution in [0.1, 0.15) is 57.6 Å². The van der Waals surface area contributed by atoms with Crippen LogP contribution in [0.5, 0.6) is 5.75 Å². The number of carbonyl (C=O) groups is 1. The highest BCUT2D eigenvalue weighted by Crippen LogP contribution is 2.34. The molecule has 0 saturated carbocycles.